The molecule has 0 saturated carbocycles. The lowest BCUT2D eigenvalue weighted by Gasteiger charge is -2.12. The number of rotatable bonds is 4. The van der Waals surface area contributed by atoms with Gasteiger partial charge in [-0.2, -0.15) is 0 Å². The number of ether oxygens (including phenoxy) is 1. The quantitative estimate of drug-likeness (QED) is 0.807. The molecule has 120 valence electrons. The van der Waals surface area contributed by atoms with Crippen LogP contribution in [-0.2, 0) is 4.79 Å². The van der Waals surface area contributed by atoms with Gasteiger partial charge in [0.05, 0.1) is 23.4 Å². The number of carbonyl (C=O) groups is 2. The summed E-state index contributed by atoms with van der Waals surface area (Å²) in [5.74, 6) is -0.0873. The fourth-order valence-corrected chi connectivity index (χ4v) is 2.51. The number of halogens is 2. The summed E-state index contributed by atoms with van der Waals surface area (Å²) in [4.78, 5) is 23.6. The summed E-state index contributed by atoms with van der Waals surface area (Å²) in [7, 11) is 1.50. The zero-order chi connectivity index (χ0) is 17.0. The number of benzene rings is 2. The fraction of sp³-hybridized carbons (Fsp3) is 0.125. The van der Waals surface area contributed by atoms with Gasteiger partial charge >= 0.3 is 0 Å². The van der Waals surface area contributed by atoms with Crippen molar-refractivity contribution < 1.29 is 14.3 Å². The standard InChI is InChI=1S/C16H14BrClN2O3/c1-9(21)19-14-8-11(4-6-15(14)23-2)20-16(22)12-7-10(17)3-5-13(12)18/h3-8H,1-2H3,(H,19,21)(H,20,22). The zero-order valence-corrected chi connectivity index (χ0v) is 14.8. The highest BCUT2D eigenvalue weighted by molar-refractivity contribution is 9.10. The SMILES string of the molecule is COc1ccc(NC(=O)c2cc(Br)ccc2Cl)cc1NC(C)=O. The summed E-state index contributed by atoms with van der Waals surface area (Å²) in [6, 6.07) is 9.97. The van der Waals surface area contributed by atoms with Gasteiger partial charge in [-0.1, -0.05) is 27.5 Å². The molecule has 0 heterocycles. The smallest absolute Gasteiger partial charge is 0.257 e. The Labute approximate surface area is 147 Å². The van der Waals surface area contributed by atoms with Gasteiger partial charge in [-0.3, -0.25) is 9.59 Å². The van der Waals surface area contributed by atoms with Crippen LogP contribution in [-0.4, -0.2) is 18.9 Å². The molecule has 0 saturated heterocycles. The summed E-state index contributed by atoms with van der Waals surface area (Å²) in [6.07, 6.45) is 0. The molecule has 2 N–H and O–H groups in total. The highest BCUT2D eigenvalue weighted by Gasteiger charge is 2.13. The molecule has 5 nitrogen and oxygen atoms in total. The van der Waals surface area contributed by atoms with Crippen LogP contribution in [0.2, 0.25) is 5.02 Å². The predicted molar refractivity (Wildman–Crippen MR) is 94.4 cm³/mol. The summed E-state index contributed by atoms with van der Waals surface area (Å²) >= 11 is 9.35. The zero-order valence-electron chi connectivity index (χ0n) is 12.4. The van der Waals surface area contributed by atoms with E-state index in [4.69, 9.17) is 16.3 Å². The first kappa shape index (κ1) is 17.3. The van der Waals surface area contributed by atoms with E-state index in [0.29, 0.717) is 27.7 Å². The number of hydrogen-bond acceptors (Lipinski definition) is 3. The molecule has 2 aromatic rings. The second kappa shape index (κ2) is 7.48. The van der Waals surface area contributed by atoms with E-state index in [0.717, 1.165) is 4.47 Å². The Balaban J connectivity index is 2.27. The number of nitrogens with one attached hydrogen (secondary N) is 2. The lowest BCUT2D eigenvalue weighted by molar-refractivity contribution is -0.114. The minimum absolute atomic E-state index is 0.234. The average molecular weight is 398 g/mol. The normalized spacial score (nSPS) is 10.1. The van der Waals surface area contributed by atoms with Crippen molar-refractivity contribution >= 4 is 50.7 Å². The monoisotopic (exact) mass is 396 g/mol. The van der Waals surface area contributed by atoms with Crippen LogP contribution < -0.4 is 15.4 Å². The largest absolute Gasteiger partial charge is 0.495 e. The molecule has 0 radical (unpaired) electrons. The van der Waals surface area contributed by atoms with Crippen LogP contribution in [0.4, 0.5) is 11.4 Å². The molecule has 0 unspecified atom stereocenters. The van der Waals surface area contributed by atoms with Crippen LogP contribution >= 0.6 is 27.5 Å². The summed E-state index contributed by atoms with van der Waals surface area (Å²) in [6.45, 7) is 1.39. The molecule has 2 rings (SSSR count). The van der Waals surface area contributed by atoms with Crippen LogP contribution in [0.15, 0.2) is 40.9 Å². The molecule has 0 aliphatic heterocycles. The highest BCUT2D eigenvalue weighted by Crippen LogP contribution is 2.29. The third-order valence-electron chi connectivity index (χ3n) is 2.94. The summed E-state index contributed by atoms with van der Waals surface area (Å²) in [5, 5.41) is 5.74. The van der Waals surface area contributed by atoms with Crippen molar-refractivity contribution in [1.82, 2.24) is 0 Å². The molecule has 23 heavy (non-hydrogen) atoms. The number of methoxy groups -OCH3 is 1. The minimum atomic E-state index is -0.352. The van der Waals surface area contributed by atoms with Crippen molar-refractivity contribution in [1.29, 1.82) is 0 Å². The second-order valence-electron chi connectivity index (χ2n) is 4.67. The van der Waals surface area contributed by atoms with Crippen LogP contribution in [0.25, 0.3) is 0 Å². The van der Waals surface area contributed by atoms with Gasteiger partial charge in [0.2, 0.25) is 5.91 Å². The maximum absolute atomic E-state index is 12.3. The predicted octanol–water partition coefficient (Wildman–Crippen LogP) is 4.32. The van der Waals surface area contributed by atoms with Gasteiger partial charge in [0.1, 0.15) is 5.75 Å². The van der Waals surface area contributed by atoms with Crippen LogP contribution in [0.1, 0.15) is 17.3 Å². The Bertz CT molecular complexity index is 765. The first-order chi connectivity index (χ1) is 10.9. The van der Waals surface area contributed by atoms with Crippen molar-refractivity contribution in [2.75, 3.05) is 17.7 Å². The van der Waals surface area contributed by atoms with Crippen molar-refractivity contribution in [3.8, 4) is 5.75 Å². The van der Waals surface area contributed by atoms with E-state index in [1.807, 2.05) is 0 Å². The Morgan fingerprint density at radius 2 is 1.87 bits per heavy atom. The summed E-state index contributed by atoms with van der Waals surface area (Å²) in [5.41, 5.74) is 1.33. The molecule has 0 fully saturated rings. The second-order valence-corrected chi connectivity index (χ2v) is 6.00. The Morgan fingerprint density at radius 1 is 1.13 bits per heavy atom. The Kier molecular flexibility index (Phi) is 5.63. The topological polar surface area (TPSA) is 67.4 Å². The molecule has 0 bridgehead atoms. The van der Waals surface area contributed by atoms with E-state index in [2.05, 4.69) is 26.6 Å². The van der Waals surface area contributed by atoms with E-state index in [9.17, 15) is 9.59 Å². The lowest BCUT2D eigenvalue weighted by Crippen LogP contribution is -2.13. The maximum atomic E-state index is 12.3. The minimum Gasteiger partial charge on any atom is -0.495 e. The molecular weight excluding hydrogens is 384 g/mol. The Morgan fingerprint density at radius 3 is 2.52 bits per heavy atom. The molecule has 2 aromatic carbocycles. The van der Waals surface area contributed by atoms with Gasteiger partial charge in [0.25, 0.3) is 5.91 Å². The molecule has 2 amide bonds. The molecule has 0 atom stereocenters. The van der Waals surface area contributed by atoms with E-state index >= 15 is 0 Å². The highest BCUT2D eigenvalue weighted by atomic mass is 79.9. The first-order valence-electron chi connectivity index (χ1n) is 6.62. The molecule has 0 aromatic heterocycles. The van der Waals surface area contributed by atoms with Gasteiger partial charge in [-0.25, -0.2) is 0 Å². The van der Waals surface area contributed by atoms with Crippen LogP contribution in [0.3, 0.4) is 0 Å². The molecule has 0 spiro atoms. The number of amides is 2. The summed E-state index contributed by atoms with van der Waals surface area (Å²) < 4.78 is 5.92. The van der Waals surface area contributed by atoms with Gasteiger partial charge in [-0.15, -0.1) is 0 Å². The van der Waals surface area contributed by atoms with Crippen molar-refractivity contribution in [2.24, 2.45) is 0 Å². The maximum Gasteiger partial charge on any atom is 0.257 e. The van der Waals surface area contributed by atoms with Crippen molar-refractivity contribution in [3.63, 3.8) is 0 Å². The van der Waals surface area contributed by atoms with Gasteiger partial charge in [0, 0.05) is 17.1 Å². The van der Waals surface area contributed by atoms with Crippen molar-refractivity contribution in [3.05, 3.63) is 51.5 Å². The van der Waals surface area contributed by atoms with Crippen LogP contribution in [0.5, 0.6) is 5.75 Å². The molecule has 0 aliphatic carbocycles. The lowest BCUT2D eigenvalue weighted by atomic mass is 10.2. The van der Waals surface area contributed by atoms with Crippen molar-refractivity contribution in [2.45, 2.75) is 6.92 Å². The van der Waals surface area contributed by atoms with E-state index in [-0.39, 0.29) is 11.8 Å². The number of hydrogen-bond donors (Lipinski definition) is 2. The fourth-order valence-electron chi connectivity index (χ4n) is 1.94. The van der Waals surface area contributed by atoms with E-state index in [1.165, 1.54) is 14.0 Å². The third kappa shape index (κ3) is 4.46. The van der Waals surface area contributed by atoms with Gasteiger partial charge in [0.15, 0.2) is 0 Å². The molecule has 7 heteroatoms. The molecular formula is C16H14BrClN2O3. The van der Waals surface area contributed by atoms with E-state index < -0.39 is 0 Å². The average Bonchev–Trinajstić information content (AvgIpc) is 2.49. The Hall–Kier alpha value is -2.05. The number of carbonyl (C=O) groups excluding carboxylic acids is 2. The molecule has 0 aliphatic rings. The third-order valence-corrected chi connectivity index (χ3v) is 3.76. The van der Waals surface area contributed by atoms with E-state index in [1.54, 1.807) is 36.4 Å². The van der Waals surface area contributed by atoms with Gasteiger partial charge < -0.3 is 15.4 Å². The van der Waals surface area contributed by atoms with Gasteiger partial charge in [-0.05, 0) is 36.4 Å². The first-order valence-corrected chi connectivity index (χ1v) is 7.80. The van der Waals surface area contributed by atoms with Crippen LogP contribution in [0, 0.1) is 0 Å². The number of anilines is 2.